The number of hydrogen-bond acceptors (Lipinski definition) is 9. The Kier molecular flexibility index (Phi) is 13.4. The van der Waals surface area contributed by atoms with Gasteiger partial charge in [-0.05, 0) is 40.5 Å². The van der Waals surface area contributed by atoms with Crippen LogP contribution in [0.3, 0.4) is 0 Å². The zero-order valence-corrected chi connectivity index (χ0v) is 15.5. The Balaban J connectivity index is 0. The summed E-state index contributed by atoms with van der Waals surface area (Å²) >= 11 is 0. The maximum absolute atomic E-state index is 11.5. The van der Waals surface area contributed by atoms with Crippen molar-refractivity contribution in [2.45, 2.75) is 77.7 Å². The molecule has 0 bridgehead atoms. The van der Waals surface area contributed by atoms with Crippen LogP contribution in [0, 0.1) is 0 Å². The molecule has 0 fully saturated rings. The molecule has 0 aliphatic rings. The zero-order chi connectivity index (χ0) is 17.3. The van der Waals surface area contributed by atoms with Gasteiger partial charge in [0.05, 0.1) is 0 Å². The minimum Gasteiger partial charge on any atom is -0.447 e. The molecule has 4 atom stereocenters. The van der Waals surface area contributed by atoms with Gasteiger partial charge in [0.25, 0.3) is 0 Å². The van der Waals surface area contributed by atoms with Gasteiger partial charge in [-0.25, -0.2) is 0 Å². The van der Waals surface area contributed by atoms with Crippen LogP contribution in [0.2, 0.25) is 0 Å². The van der Waals surface area contributed by atoms with Crippen molar-refractivity contribution in [2.75, 3.05) is 0 Å². The second-order valence-corrected chi connectivity index (χ2v) is 5.41. The molecule has 0 aromatic rings. The van der Waals surface area contributed by atoms with E-state index in [1.54, 1.807) is 6.92 Å². The zero-order valence-electron chi connectivity index (χ0n) is 14.0. The average Bonchev–Trinajstić information content (AvgIpc) is 2.23. The molecule has 8 N–H and O–H groups in total. The number of carbonyl (C=O) groups excluding carboxylic acids is 1. The molecule has 4 unspecified atom stereocenters. The molecule has 0 amide bonds. The summed E-state index contributed by atoms with van der Waals surface area (Å²) in [4.78, 5) is 11.5. The number of aliphatic hydroxyl groups is 3. The maximum atomic E-state index is 11.5. The Labute approximate surface area is 151 Å². The molecule has 0 saturated heterocycles. The van der Waals surface area contributed by atoms with Gasteiger partial charge in [-0.15, -0.1) is 0 Å². The third-order valence-electron chi connectivity index (χ3n) is 2.62. The third kappa shape index (κ3) is 12.9. The summed E-state index contributed by atoms with van der Waals surface area (Å²) in [5.74, 6) is -1.58. The van der Waals surface area contributed by atoms with Gasteiger partial charge >= 0.3 is 5.97 Å². The van der Waals surface area contributed by atoms with Crippen LogP contribution in [0.5, 0.6) is 0 Å². The fourth-order valence-electron chi connectivity index (χ4n) is 2.18. The average molecular weight is 429 g/mol. The minimum absolute atomic E-state index is 0. The van der Waals surface area contributed by atoms with Crippen molar-refractivity contribution in [3.8, 4) is 0 Å². The van der Waals surface area contributed by atoms with Gasteiger partial charge in [-0.1, -0.05) is 0 Å². The van der Waals surface area contributed by atoms with E-state index in [1.807, 2.05) is 0 Å². The van der Waals surface area contributed by atoms with Gasteiger partial charge in [-0.3, -0.25) is 26.5 Å². The van der Waals surface area contributed by atoms with Crippen LogP contribution < -0.4 is 21.7 Å². The summed E-state index contributed by atoms with van der Waals surface area (Å²) < 4.78 is 4.84. The molecule has 10 heteroatoms. The summed E-state index contributed by atoms with van der Waals surface area (Å²) in [6.07, 6.45) is -2.60. The summed E-state index contributed by atoms with van der Waals surface area (Å²) in [7, 11) is 0. The normalized spacial score (nSPS) is 19.0. The van der Waals surface area contributed by atoms with E-state index in [0.717, 1.165) is 0 Å². The van der Waals surface area contributed by atoms with Crippen LogP contribution in [-0.2, 0) is 30.0 Å². The first-order valence-corrected chi connectivity index (χ1v) is 7.38. The fourth-order valence-corrected chi connectivity index (χ4v) is 2.18. The molecule has 23 heavy (non-hydrogen) atoms. The van der Waals surface area contributed by atoms with E-state index in [4.69, 9.17) is 10.5 Å². The monoisotopic (exact) mass is 428 g/mol. The first-order valence-electron chi connectivity index (χ1n) is 7.38. The molecule has 0 aliphatic carbocycles. The van der Waals surface area contributed by atoms with Crippen LogP contribution >= 0.6 is 0 Å². The quantitative estimate of drug-likeness (QED) is 0.118. The molecule has 9 nitrogen and oxygen atoms in total. The number of esters is 1. The molecule has 0 aromatic heterocycles. The van der Waals surface area contributed by atoms with E-state index >= 15 is 0 Å². The third-order valence-corrected chi connectivity index (χ3v) is 2.62. The minimum atomic E-state index is -1.15. The number of hydrogen-bond donors (Lipinski definition) is 7. The molecule has 0 aromatic carbocycles. The molecule has 0 spiro atoms. The summed E-state index contributed by atoms with van der Waals surface area (Å²) in [5.41, 5.74) is 5.37. The first-order chi connectivity index (χ1) is 10.1. The Morgan fingerprint density at radius 2 is 1.43 bits per heavy atom. The topological polar surface area (TPSA) is 149 Å². The van der Waals surface area contributed by atoms with Crippen molar-refractivity contribution in [3.63, 3.8) is 0 Å². The summed E-state index contributed by atoms with van der Waals surface area (Å²) in [5, 5.41) is 37.2. The predicted molar refractivity (Wildman–Crippen MR) is 80.8 cm³/mol. The summed E-state index contributed by atoms with van der Waals surface area (Å²) in [6.45, 7) is 6.08. The smallest absolute Gasteiger partial charge is 0.307 e. The van der Waals surface area contributed by atoms with Crippen LogP contribution in [0.4, 0.5) is 0 Å². The van der Waals surface area contributed by atoms with Crippen LogP contribution in [0.15, 0.2) is 0 Å². The summed E-state index contributed by atoms with van der Waals surface area (Å²) in [6, 6.07) is 0. The van der Waals surface area contributed by atoms with Crippen LogP contribution in [-0.4, -0.2) is 52.0 Å². The van der Waals surface area contributed by atoms with Gasteiger partial charge in [0.15, 0.2) is 0 Å². The molecule has 0 rings (SSSR count). The Morgan fingerprint density at radius 3 is 1.74 bits per heavy atom. The molecule has 142 valence electrons. The van der Waals surface area contributed by atoms with E-state index in [0.29, 0.717) is 12.8 Å². The largest absolute Gasteiger partial charge is 0.447 e. The first kappa shape index (κ1) is 25.1. The maximum Gasteiger partial charge on any atom is 0.307 e. The molecular weight excluding hydrogens is 399 g/mol. The van der Waals surface area contributed by atoms with E-state index < -0.39 is 36.7 Å². The van der Waals surface area contributed by atoms with Gasteiger partial charge in [0, 0.05) is 26.8 Å². The van der Waals surface area contributed by atoms with Gasteiger partial charge in [-0.2, -0.15) is 0 Å². The van der Waals surface area contributed by atoms with Crippen LogP contribution in [0.25, 0.3) is 0 Å². The van der Waals surface area contributed by atoms with Crippen molar-refractivity contribution >= 4 is 5.97 Å². The fraction of sp³-hybridized carbons (Fsp3) is 0.923. The second kappa shape index (κ2) is 12.2. The molecule has 0 heterocycles. The van der Waals surface area contributed by atoms with Crippen molar-refractivity contribution in [2.24, 2.45) is 5.73 Å². The molecule has 0 radical (unpaired) electrons. The standard InChI is InChI=1S/C13H30N4O5.Pd/c1-8(14)22-12(21)6-5-7-13(15-9(2)18,16-10(3)19)17-11(4)20;/h8-11,15-20H,5-7,14H2,1-4H3;. The molecular formula is C13H30N4O5Pd. The van der Waals surface area contributed by atoms with Crippen molar-refractivity contribution in [1.29, 1.82) is 0 Å². The van der Waals surface area contributed by atoms with E-state index in [9.17, 15) is 20.1 Å². The number of rotatable bonds is 11. The number of carbonyl (C=O) groups is 1. The Hall–Kier alpha value is -0.148. The molecule has 0 aliphatic heterocycles. The number of aliphatic hydroxyl groups excluding tert-OH is 3. The van der Waals surface area contributed by atoms with Gasteiger partial charge in [0.1, 0.15) is 30.7 Å². The Morgan fingerprint density at radius 1 is 1.04 bits per heavy atom. The van der Waals surface area contributed by atoms with E-state index in [2.05, 4.69) is 16.0 Å². The predicted octanol–water partition coefficient (Wildman–Crippen LogP) is -1.56. The van der Waals surface area contributed by atoms with E-state index in [1.165, 1.54) is 20.8 Å². The number of ether oxygens (including phenoxy) is 1. The number of nitrogens with two attached hydrogens (primary N) is 1. The van der Waals surface area contributed by atoms with Crippen molar-refractivity contribution in [1.82, 2.24) is 16.0 Å². The SMILES string of the molecule is CC(O)NC(CCCC(=O)OC(C)N)(NC(C)O)NC(C)O.[Pd]. The van der Waals surface area contributed by atoms with Crippen LogP contribution in [0.1, 0.15) is 47.0 Å². The van der Waals surface area contributed by atoms with Gasteiger partial charge < -0.3 is 20.1 Å². The Bertz CT molecular complexity index is 303. The van der Waals surface area contributed by atoms with E-state index in [-0.39, 0.29) is 26.8 Å². The molecule has 0 saturated carbocycles. The van der Waals surface area contributed by atoms with Crippen molar-refractivity contribution in [3.05, 3.63) is 0 Å². The van der Waals surface area contributed by atoms with Crippen molar-refractivity contribution < 1.29 is 45.3 Å². The second-order valence-electron chi connectivity index (χ2n) is 5.41. The number of nitrogens with one attached hydrogen (secondary N) is 3. The van der Waals surface area contributed by atoms with Gasteiger partial charge in [0.2, 0.25) is 0 Å².